The van der Waals surface area contributed by atoms with Gasteiger partial charge in [0.1, 0.15) is 0 Å². The second-order valence-corrected chi connectivity index (χ2v) is 8.74. The predicted octanol–water partition coefficient (Wildman–Crippen LogP) is 3.97. The lowest BCUT2D eigenvalue weighted by Crippen LogP contribution is -2.37. The molecule has 2 aromatic heterocycles. The summed E-state index contributed by atoms with van der Waals surface area (Å²) in [6.45, 7) is 3.91. The summed E-state index contributed by atoms with van der Waals surface area (Å²) in [6, 6.07) is 11.9. The standard InChI is InChI=1S/C25H28FN5O/c1-29-24(32)16-23(21-7-10-27-17-22(21)26)28-25(29)31-13-8-18(9-14-31)19-5-4-6-20(15-19)30-11-2-3-12-30/h4-7,10,15-18H,2-3,8-9,11-14H2,1H3. The Labute approximate surface area is 187 Å². The van der Waals surface area contributed by atoms with Gasteiger partial charge in [-0.05, 0) is 55.4 Å². The zero-order chi connectivity index (χ0) is 22.1. The van der Waals surface area contributed by atoms with E-state index < -0.39 is 5.82 Å². The number of piperidine rings is 1. The van der Waals surface area contributed by atoms with Crippen LogP contribution in [0.4, 0.5) is 16.0 Å². The number of pyridine rings is 1. The first-order valence-corrected chi connectivity index (χ1v) is 11.4. The fourth-order valence-electron chi connectivity index (χ4n) is 4.89. The highest BCUT2D eigenvalue weighted by Gasteiger charge is 2.25. The van der Waals surface area contributed by atoms with Gasteiger partial charge in [0.05, 0.1) is 11.9 Å². The molecule has 3 aromatic rings. The lowest BCUT2D eigenvalue weighted by molar-refractivity contribution is 0.493. The van der Waals surface area contributed by atoms with E-state index in [1.807, 2.05) is 0 Å². The van der Waals surface area contributed by atoms with Gasteiger partial charge in [0.25, 0.3) is 5.56 Å². The highest BCUT2D eigenvalue weighted by Crippen LogP contribution is 2.33. The molecule has 0 spiro atoms. The van der Waals surface area contributed by atoms with E-state index in [9.17, 15) is 9.18 Å². The molecule has 0 atom stereocenters. The van der Waals surface area contributed by atoms with E-state index in [1.165, 1.54) is 36.4 Å². The van der Waals surface area contributed by atoms with Gasteiger partial charge in [-0.1, -0.05) is 12.1 Å². The van der Waals surface area contributed by atoms with Gasteiger partial charge in [-0.2, -0.15) is 0 Å². The first-order chi connectivity index (χ1) is 15.6. The smallest absolute Gasteiger partial charge is 0.255 e. The van der Waals surface area contributed by atoms with Crippen molar-refractivity contribution in [3.63, 3.8) is 0 Å². The summed E-state index contributed by atoms with van der Waals surface area (Å²) in [5, 5.41) is 0. The van der Waals surface area contributed by atoms with Crippen LogP contribution in [0.2, 0.25) is 0 Å². The third-order valence-corrected chi connectivity index (χ3v) is 6.75. The van der Waals surface area contributed by atoms with Crippen molar-refractivity contribution in [3.05, 3.63) is 70.5 Å². The number of halogens is 1. The molecule has 6 nitrogen and oxygen atoms in total. The molecule has 0 saturated carbocycles. The maximum Gasteiger partial charge on any atom is 0.255 e. The fourth-order valence-corrected chi connectivity index (χ4v) is 4.89. The lowest BCUT2D eigenvalue weighted by atomic mass is 9.89. The summed E-state index contributed by atoms with van der Waals surface area (Å²) in [4.78, 5) is 25.7. The predicted molar refractivity (Wildman–Crippen MR) is 125 cm³/mol. The number of aromatic nitrogens is 3. The van der Waals surface area contributed by atoms with Crippen LogP contribution in [-0.2, 0) is 7.05 Å². The van der Waals surface area contributed by atoms with Gasteiger partial charge in [-0.25, -0.2) is 9.37 Å². The van der Waals surface area contributed by atoms with Crippen molar-refractivity contribution in [2.45, 2.75) is 31.6 Å². The van der Waals surface area contributed by atoms with Gasteiger partial charge in [0.2, 0.25) is 5.95 Å². The van der Waals surface area contributed by atoms with Gasteiger partial charge in [-0.15, -0.1) is 0 Å². The van der Waals surface area contributed by atoms with Crippen LogP contribution in [0.15, 0.2) is 53.6 Å². The average molecular weight is 434 g/mol. The third kappa shape index (κ3) is 3.99. The highest BCUT2D eigenvalue weighted by molar-refractivity contribution is 5.60. The topological polar surface area (TPSA) is 54.3 Å². The maximum absolute atomic E-state index is 14.2. The Morgan fingerprint density at radius 1 is 1.00 bits per heavy atom. The van der Waals surface area contributed by atoms with Gasteiger partial charge in [0.15, 0.2) is 5.82 Å². The minimum absolute atomic E-state index is 0.193. The van der Waals surface area contributed by atoms with E-state index in [0.717, 1.165) is 45.2 Å². The number of nitrogens with zero attached hydrogens (tertiary/aromatic N) is 5. The van der Waals surface area contributed by atoms with Crippen LogP contribution in [0.5, 0.6) is 0 Å². The van der Waals surface area contributed by atoms with Crippen LogP contribution in [-0.4, -0.2) is 40.7 Å². The van der Waals surface area contributed by atoms with Gasteiger partial charge in [-0.3, -0.25) is 14.3 Å². The molecular formula is C25H28FN5O. The second kappa shape index (κ2) is 8.73. The van der Waals surface area contributed by atoms with E-state index >= 15 is 0 Å². The van der Waals surface area contributed by atoms with E-state index in [4.69, 9.17) is 0 Å². The largest absolute Gasteiger partial charge is 0.372 e. The highest BCUT2D eigenvalue weighted by atomic mass is 19.1. The molecule has 0 bridgehead atoms. The molecule has 2 aliphatic heterocycles. The van der Waals surface area contributed by atoms with Gasteiger partial charge in [0, 0.05) is 56.7 Å². The molecule has 1 aromatic carbocycles. The average Bonchev–Trinajstić information content (AvgIpc) is 3.37. The normalized spacial score (nSPS) is 17.2. The van der Waals surface area contributed by atoms with Crippen LogP contribution in [0.3, 0.4) is 0 Å². The van der Waals surface area contributed by atoms with Crippen molar-refractivity contribution in [1.29, 1.82) is 0 Å². The summed E-state index contributed by atoms with van der Waals surface area (Å²) >= 11 is 0. The zero-order valence-corrected chi connectivity index (χ0v) is 18.4. The Balaban J connectivity index is 1.35. The van der Waals surface area contributed by atoms with Crippen molar-refractivity contribution in [1.82, 2.24) is 14.5 Å². The van der Waals surface area contributed by atoms with Crippen LogP contribution in [0, 0.1) is 5.82 Å². The number of hydrogen-bond donors (Lipinski definition) is 0. The molecule has 4 heterocycles. The molecule has 0 N–H and O–H groups in total. The molecule has 2 saturated heterocycles. The molecule has 32 heavy (non-hydrogen) atoms. The van der Waals surface area contributed by atoms with E-state index in [0.29, 0.717) is 23.1 Å². The first kappa shape index (κ1) is 20.7. The third-order valence-electron chi connectivity index (χ3n) is 6.75. The molecule has 0 radical (unpaired) electrons. The summed E-state index contributed by atoms with van der Waals surface area (Å²) in [7, 11) is 1.73. The molecule has 166 valence electrons. The van der Waals surface area contributed by atoms with Crippen LogP contribution < -0.4 is 15.4 Å². The Hall–Kier alpha value is -3.22. The van der Waals surface area contributed by atoms with Gasteiger partial charge >= 0.3 is 0 Å². The minimum Gasteiger partial charge on any atom is -0.372 e. The quantitative estimate of drug-likeness (QED) is 0.623. The fraction of sp³-hybridized carbons (Fsp3) is 0.400. The Kier molecular flexibility index (Phi) is 5.64. The molecule has 5 rings (SSSR count). The van der Waals surface area contributed by atoms with Crippen molar-refractivity contribution in [2.75, 3.05) is 36.0 Å². The minimum atomic E-state index is -0.476. The molecule has 7 heteroatoms. The molecule has 0 amide bonds. The molecule has 2 fully saturated rings. The molecule has 0 unspecified atom stereocenters. The zero-order valence-electron chi connectivity index (χ0n) is 18.4. The van der Waals surface area contributed by atoms with Crippen LogP contribution in [0.1, 0.15) is 37.2 Å². The van der Waals surface area contributed by atoms with Crippen molar-refractivity contribution in [2.24, 2.45) is 7.05 Å². The second-order valence-electron chi connectivity index (χ2n) is 8.74. The van der Waals surface area contributed by atoms with E-state index in [-0.39, 0.29) is 5.56 Å². The van der Waals surface area contributed by atoms with E-state index in [1.54, 1.807) is 17.7 Å². The Bertz CT molecular complexity index is 1160. The Morgan fingerprint density at radius 3 is 2.53 bits per heavy atom. The summed E-state index contributed by atoms with van der Waals surface area (Å²) < 4.78 is 15.8. The monoisotopic (exact) mass is 433 g/mol. The maximum atomic E-state index is 14.2. The molecule has 2 aliphatic rings. The summed E-state index contributed by atoms with van der Waals surface area (Å²) in [6.07, 6.45) is 7.20. The number of anilines is 2. The lowest BCUT2D eigenvalue weighted by Gasteiger charge is -2.34. The summed E-state index contributed by atoms with van der Waals surface area (Å²) in [5.41, 5.74) is 3.18. The van der Waals surface area contributed by atoms with Gasteiger partial charge < -0.3 is 9.80 Å². The first-order valence-electron chi connectivity index (χ1n) is 11.4. The number of benzene rings is 1. The van der Waals surface area contributed by atoms with Crippen LogP contribution in [0.25, 0.3) is 11.3 Å². The Morgan fingerprint density at radius 2 is 1.78 bits per heavy atom. The SMILES string of the molecule is Cn1c(N2CCC(c3cccc(N4CCCC4)c3)CC2)nc(-c2ccncc2F)cc1=O. The van der Waals surface area contributed by atoms with Crippen molar-refractivity contribution in [3.8, 4) is 11.3 Å². The van der Waals surface area contributed by atoms with Crippen molar-refractivity contribution < 1.29 is 4.39 Å². The summed E-state index contributed by atoms with van der Waals surface area (Å²) in [5.74, 6) is 0.607. The number of rotatable bonds is 4. The van der Waals surface area contributed by atoms with Crippen LogP contribution >= 0.6 is 0 Å². The number of hydrogen-bond acceptors (Lipinski definition) is 5. The van der Waals surface area contributed by atoms with E-state index in [2.05, 4.69) is 44.0 Å². The van der Waals surface area contributed by atoms with Crippen molar-refractivity contribution >= 4 is 11.6 Å². The molecular weight excluding hydrogens is 405 g/mol. The molecule has 0 aliphatic carbocycles.